The van der Waals surface area contributed by atoms with Gasteiger partial charge in [0.25, 0.3) is 10.1 Å². The summed E-state index contributed by atoms with van der Waals surface area (Å²) in [5, 5.41) is 2.50. The summed E-state index contributed by atoms with van der Waals surface area (Å²) in [4.78, 5) is 37.8. The van der Waals surface area contributed by atoms with Crippen LogP contribution in [-0.4, -0.2) is 51.8 Å². The summed E-state index contributed by atoms with van der Waals surface area (Å²) in [6.07, 6.45) is 10.8. The van der Waals surface area contributed by atoms with E-state index >= 15 is 0 Å². The average Bonchev–Trinajstić information content (AvgIpc) is 3.09. The van der Waals surface area contributed by atoms with Gasteiger partial charge in [-0.2, -0.15) is 8.42 Å². The molecule has 12 heteroatoms. The minimum Gasteiger partial charge on any atom is -0.465 e. The van der Waals surface area contributed by atoms with Crippen molar-refractivity contribution in [2.75, 3.05) is 31.0 Å². The summed E-state index contributed by atoms with van der Waals surface area (Å²) in [5.41, 5.74) is -0.716. The van der Waals surface area contributed by atoms with E-state index in [1.54, 1.807) is 0 Å². The number of esters is 2. The topological polar surface area (TPSA) is 149 Å². The van der Waals surface area contributed by atoms with E-state index in [1.165, 1.54) is 43.0 Å². The minimum atomic E-state index is -4.80. The largest absolute Gasteiger partial charge is 0.465 e. The van der Waals surface area contributed by atoms with Gasteiger partial charge in [-0.3, -0.25) is 9.87 Å². The Labute approximate surface area is 216 Å². The highest BCUT2D eigenvalue weighted by atomic mass is 32.2. The van der Waals surface area contributed by atoms with Gasteiger partial charge in [0.1, 0.15) is 10.6 Å². The van der Waals surface area contributed by atoms with Gasteiger partial charge in [-0.05, 0) is 36.8 Å². The molecular formula is C25H32N2O9S. The van der Waals surface area contributed by atoms with Gasteiger partial charge in [0.05, 0.1) is 32.1 Å². The molecule has 0 spiro atoms. The van der Waals surface area contributed by atoms with Crippen molar-refractivity contribution in [1.82, 2.24) is 0 Å². The zero-order valence-corrected chi connectivity index (χ0v) is 21.9. The number of nitrogens with one attached hydrogen (secondary N) is 1. The van der Waals surface area contributed by atoms with Crippen LogP contribution < -0.4 is 10.2 Å². The van der Waals surface area contributed by atoms with E-state index in [9.17, 15) is 27.4 Å². The predicted octanol–water partition coefficient (Wildman–Crippen LogP) is 4.33. The first-order valence-electron chi connectivity index (χ1n) is 11.7. The van der Waals surface area contributed by atoms with Gasteiger partial charge < -0.3 is 19.1 Å². The number of benzene rings is 1. The molecular weight excluding hydrogens is 504 g/mol. The van der Waals surface area contributed by atoms with E-state index in [0.717, 1.165) is 50.9 Å². The molecule has 1 heterocycles. The second-order valence-corrected chi connectivity index (χ2v) is 9.39. The molecule has 0 bridgehead atoms. The van der Waals surface area contributed by atoms with Gasteiger partial charge in [-0.25, -0.2) is 14.4 Å². The van der Waals surface area contributed by atoms with E-state index in [0.29, 0.717) is 6.42 Å². The second-order valence-electron chi connectivity index (χ2n) is 8.00. The Bertz CT molecular complexity index is 1190. The van der Waals surface area contributed by atoms with Crippen LogP contribution in [0.4, 0.5) is 16.2 Å². The maximum atomic E-state index is 12.7. The minimum absolute atomic E-state index is 0.116. The van der Waals surface area contributed by atoms with E-state index in [4.69, 9.17) is 14.2 Å². The number of amides is 1. The fourth-order valence-corrected chi connectivity index (χ4v) is 4.22. The Hall–Kier alpha value is -3.64. The van der Waals surface area contributed by atoms with Gasteiger partial charge >= 0.3 is 18.0 Å². The number of unbranched alkanes of at least 4 members (excludes halogenated alkanes) is 5. The summed E-state index contributed by atoms with van der Waals surface area (Å²) in [7, 11) is -2.59. The molecule has 1 aromatic rings. The van der Waals surface area contributed by atoms with Crippen LogP contribution in [0.1, 0.15) is 45.4 Å². The highest BCUT2D eigenvalue weighted by Gasteiger charge is 2.31. The Morgan fingerprint density at radius 3 is 2.30 bits per heavy atom. The van der Waals surface area contributed by atoms with Crippen molar-refractivity contribution in [2.24, 2.45) is 0 Å². The number of ether oxygens (including phenoxy) is 3. The SMILES string of the molecule is CCCCCCCCOC(=O)Nc1ccc(S(=O)(=O)O)c(N2C=CC=CC(C(=O)OC)=C2C(=O)OC)c1. The maximum Gasteiger partial charge on any atom is 0.411 e. The van der Waals surface area contributed by atoms with Crippen molar-refractivity contribution in [3.05, 3.63) is 53.9 Å². The smallest absolute Gasteiger partial charge is 0.411 e. The number of anilines is 2. The van der Waals surface area contributed by atoms with Crippen LogP contribution in [0.25, 0.3) is 0 Å². The van der Waals surface area contributed by atoms with Crippen LogP contribution >= 0.6 is 0 Å². The molecule has 1 aromatic carbocycles. The molecule has 0 aliphatic carbocycles. The maximum absolute atomic E-state index is 12.7. The molecule has 1 aliphatic rings. The van der Waals surface area contributed by atoms with Crippen LogP contribution in [0, 0.1) is 0 Å². The van der Waals surface area contributed by atoms with Gasteiger partial charge in [0.15, 0.2) is 0 Å². The lowest BCUT2D eigenvalue weighted by Crippen LogP contribution is -2.28. The molecule has 0 fully saturated rings. The Morgan fingerprint density at radius 1 is 0.973 bits per heavy atom. The lowest BCUT2D eigenvalue weighted by Gasteiger charge is -2.25. The highest BCUT2D eigenvalue weighted by molar-refractivity contribution is 7.86. The van der Waals surface area contributed by atoms with Crippen LogP contribution in [-0.2, 0) is 33.9 Å². The fourth-order valence-electron chi connectivity index (χ4n) is 3.55. The highest BCUT2D eigenvalue weighted by Crippen LogP contribution is 2.34. The predicted molar refractivity (Wildman–Crippen MR) is 136 cm³/mol. The molecule has 0 saturated carbocycles. The van der Waals surface area contributed by atoms with Crippen molar-refractivity contribution in [3.63, 3.8) is 0 Å². The molecule has 1 aliphatic heterocycles. The summed E-state index contributed by atoms with van der Waals surface area (Å²) in [6.45, 7) is 2.35. The van der Waals surface area contributed by atoms with Gasteiger partial charge in [0, 0.05) is 11.9 Å². The summed E-state index contributed by atoms with van der Waals surface area (Å²) in [5.74, 6) is -1.86. The standard InChI is InChI=1S/C25H32N2O9S/c1-4-5-6-7-8-11-16-36-25(30)26-18-13-14-21(37(31,32)33)20(17-18)27-15-10-9-12-19(23(28)34-2)22(27)24(29)35-3/h9-10,12-15,17H,4-8,11,16H2,1-3H3,(H,26,30)(H,31,32,33). The number of nitrogens with zero attached hydrogens (tertiary/aromatic N) is 1. The fraction of sp³-hybridized carbons (Fsp3) is 0.400. The Balaban J connectivity index is 2.38. The van der Waals surface area contributed by atoms with E-state index in [-0.39, 0.29) is 29.3 Å². The quantitative estimate of drug-likeness (QED) is 0.171. The third-order valence-electron chi connectivity index (χ3n) is 5.36. The first-order valence-corrected chi connectivity index (χ1v) is 13.2. The monoisotopic (exact) mass is 536 g/mol. The van der Waals surface area contributed by atoms with E-state index in [2.05, 4.69) is 12.2 Å². The van der Waals surface area contributed by atoms with Crippen LogP contribution in [0.15, 0.2) is 58.8 Å². The first kappa shape index (κ1) is 29.6. The number of hydrogen-bond donors (Lipinski definition) is 2. The molecule has 0 atom stereocenters. The van der Waals surface area contributed by atoms with E-state index < -0.39 is 33.0 Å². The van der Waals surface area contributed by atoms with Crippen LogP contribution in [0.5, 0.6) is 0 Å². The number of carbonyl (C=O) groups is 3. The normalized spacial score (nSPS) is 13.2. The van der Waals surface area contributed by atoms with Crippen LogP contribution in [0.3, 0.4) is 0 Å². The molecule has 2 rings (SSSR count). The zero-order valence-electron chi connectivity index (χ0n) is 21.1. The summed E-state index contributed by atoms with van der Waals surface area (Å²) >= 11 is 0. The van der Waals surface area contributed by atoms with Crippen molar-refractivity contribution >= 4 is 39.5 Å². The van der Waals surface area contributed by atoms with Crippen molar-refractivity contribution in [3.8, 4) is 0 Å². The molecule has 0 aromatic heterocycles. The Morgan fingerprint density at radius 2 is 1.65 bits per heavy atom. The lowest BCUT2D eigenvalue weighted by molar-refractivity contribution is -0.139. The van der Waals surface area contributed by atoms with Gasteiger partial charge in [0.2, 0.25) is 0 Å². The molecule has 11 nitrogen and oxygen atoms in total. The molecule has 0 radical (unpaired) electrons. The average molecular weight is 537 g/mol. The molecule has 37 heavy (non-hydrogen) atoms. The molecule has 0 saturated heterocycles. The van der Waals surface area contributed by atoms with Crippen molar-refractivity contribution < 1.29 is 41.6 Å². The van der Waals surface area contributed by atoms with Gasteiger partial charge in [-0.1, -0.05) is 45.1 Å². The first-order chi connectivity index (χ1) is 17.6. The third kappa shape index (κ3) is 8.46. The van der Waals surface area contributed by atoms with E-state index in [1.807, 2.05) is 0 Å². The lowest BCUT2D eigenvalue weighted by atomic mass is 10.1. The number of rotatable bonds is 12. The number of carbonyl (C=O) groups excluding carboxylic acids is 3. The molecule has 1 amide bonds. The number of methoxy groups -OCH3 is 2. The van der Waals surface area contributed by atoms with Gasteiger partial charge in [-0.15, -0.1) is 0 Å². The number of hydrogen-bond acceptors (Lipinski definition) is 9. The molecule has 0 unspecified atom stereocenters. The van der Waals surface area contributed by atoms with Crippen molar-refractivity contribution in [2.45, 2.75) is 50.3 Å². The third-order valence-corrected chi connectivity index (χ3v) is 6.26. The summed E-state index contributed by atoms with van der Waals surface area (Å²) < 4.78 is 48.9. The molecule has 202 valence electrons. The zero-order chi connectivity index (χ0) is 27.4. The second kappa shape index (κ2) is 14.2. The number of allylic oxidation sites excluding steroid dienone is 2. The Kier molecular flexibility index (Phi) is 11.3. The molecule has 2 N–H and O–H groups in total. The van der Waals surface area contributed by atoms with Crippen molar-refractivity contribution in [1.29, 1.82) is 0 Å². The van der Waals surface area contributed by atoms with Crippen LogP contribution in [0.2, 0.25) is 0 Å². The summed E-state index contributed by atoms with van der Waals surface area (Å²) in [6, 6.07) is 3.51.